The zero-order chi connectivity index (χ0) is 12.4. The molecule has 2 nitrogen and oxygen atoms in total. The quantitative estimate of drug-likeness (QED) is 0.875. The molecule has 0 saturated carbocycles. The van der Waals surface area contributed by atoms with E-state index in [1.54, 1.807) is 0 Å². The van der Waals surface area contributed by atoms with Gasteiger partial charge in [-0.3, -0.25) is 0 Å². The third kappa shape index (κ3) is 2.78. The van der Waals surface area contributed by atoms with Gasteiger partial charge >= 0.3 is 0 Å². The molecule has 3 atom stereocenters. The molecule has 1 fully saturated rings. The van der Waals surface area contributed by atoms with E-state index in [1.807, 2.05) is 6.92 Å². The van der Waals surface area contributed by atoms with Gasteiger partial charge < -0.3 is 10.6 Å². The van der Waals surface area contributed by atoms with Crippen LogP contribution < -0.4 is 10.6 Å². The molecule has 3 heteroatoms. The highest BCUT2D eigenvalue weighted by Crippen LogP contribution is 2.29. The molecule has 1 aliphatic rings. The molecular formula is C14H22N2S. The van der Waals surface area contributed by atoms with Gasteiger partial charge in [-0.15, -0.1) is 0 Å². The van der Waals surface area contributed by atoms with Crippen LogP contribution in [0.1, 0.15) is 32.4 Å². The van der Waals surface area contributed by atoms with Gasteiger partial charge in [0.2, 0.25) is 0 Å². The van der Waals surface area contributed by atoms with E-state index in [0.29, 0.717) is 11.3 Å². The lowest BCUT2D eigenvalue weighted by Gasteiger charge is -2.39. The lowest BCUT2D eigenvalue weighted by Crippen LogP contribution is -2.44. The van der Waals surface area contributed by atoms with E-state index in [1.165, 1.54) is 17.0 Å². The van der Waals surface area contributed by atoms with Crippen LogP contribution in [-0.2, 0) is 0 Å². The molecule has 0 aromatic heterocycles. The number of nitrogens with two attached hydrogens (primary N) is 1. The van der Waals surface area contributed by atoms with Crippen molar-refractivity contribution in [2.45, 2.75) is 38.1 Å². The third-order valence-corrected chi connectivity index (χ3v) is 4.97. The number of hydrogen-bond donors (Lipinski definition) is 1. The Bertz CT molecular complexity index is 361. The van der Waals surface area contributed by atoms with E-state index >= 15 is 0 Å². The molecule has 17 heavy (non-hydrogen) atoms. The zero-order valence-electron chi connectivity index (χ0n) is 10.9. The minimum Gasteiger partial charge on any atom is -0.367 e. The Labute approximate surface area is 109 Å². The van der Waals surface area contributed by atoms with Crippen molar-refractivity contribution in [1.82, 2.24) is 0 Å². The summed E-state index contributed by atoms with van der Waals surface area (Å²) in [5, 5.41) is 0.705. The summed E-state index contributed by atoms with van der Waals surface area (Å²) in [6.07, 6.45) is 0. The average molecular weight is 250 g/mol. The van der Waals surface area contributed by atoms with Crippen LogP contribution in [-0.4, -0.2) is 23.6 Å². The van der Waals surface area contributed by atoms with Crippen LogP contribution in [0.15, 0.2) is 24.3 Å². The van der Waals surface area contributed by atoms with E-state index in [4.69, 9.17) is 5.73 Å². The lowest BCUT2D eigenvalue weighted by atomic mass is 10.1. The summed E-state index contributed by atoms with van der Waals surface area (Å²) in [6, 6.07) is 9.45. The van der Waals surface area contributed by atoms with E-state index in [9.17, 15) is 0 Å². The minimum absolute atomic E-state index is 0.123. The Hall–Kier alpha value is -0.670. The maximum absolute atomic E-state index is 5.87. The van der Waals surface area contributed by atoms with Crippen LogP contribution in [0.3, 0.4) is 0 Å². The first-order valence-corrected chi connectivity index (χ1v) is 7.38. The maximum Gasteiger partial charge on any atom is 0.0378 e. The fourth-order valence-electron chi connectivity index (χ4n) is 2.27. The van der Waals surface area contributed by atoms with E-state index < -0.39 is 0 Å². The van der Waals surface area contributed by atoms with Crippen molar-refractivity contribution in [1.29, 1.82) is 0 Å². The average Bonchev–Trinajstić information content (AvgIpc) is 2.33. The van der Waals surface area contributed by atoms with E-state index in [0.717, 1.165) is 6.54 Å². The van der Waals surface area contributed by atoms with Crippen molar-refractivity contribution in [3.63, 3.8) is 0 Å². The smallest absolute Gasteiger partial charge is 0.0378 e. The van der Waals surface area contributed by atoms with Gasteiger partial charge in [-0.05, 0) is 31.5 Å². The summed E-state index contributed by atoms with van der Waals surface area (Å²) in [6.45, 7) is 7.80. The van der Waals surface area contributed by atoms with Gasteiger partial charge in [0.1, 0.15) is 0 Å². The van der Waals surface area contributed by atoms with Crippen LogP contribution in [0.2, 0.25) is 0 Å². The van der Waals surface area contributed by atoms with Gasteiger partial charge in [0.05, 0.1) is 0 Å². The predicted molar refractivity (Wildman–Crippen MR) is 77.8 cm³/mol. The van der Waals surface area contributed by atoms with Gasteiger partial charge in [-0.1, -0.05) is 19.1 Å². The Morgan fingerprint density at radius 3 is 2.53 bits per heavy atom. The second-order valence-electron chi connectivity index (χ2n) is 4.89. The SMILES string of the molecule is CC1SCCN(c2ccc([C@H](C)N)cc2)C1C. The lowest BCUT2D eigenvalue weighted by molar-refractivity contribution is 0.627. The second kappa shape index (κ2) is 5.32. The number of benzene rings is 1. The minimum atomic E-state index is 0.123. The van der Waals surface area contributed by atoms with Crippen molar-refractivity contribution in [2.24, 2.45) is 5.73 Å². The van der Waals surface area contributed by atoms with E-state index in [2.05, 4.69) is 54.8 Å². The van der Waals surface area contributed by atoms with Crippen LogP contribution >= 0.6 is 11.8 Å². The van der Waals surface area contributed by atoms with E-state index in [-0.39, 0.29) is 6.04 Å². The maximum atomic E-state index is 5.87. The molecule has 0 spiro atoms. The van der Waals surface area contributed by atoms with Gasteiger partial charge in [0.15, 0.2) is 0 Å². The molecular weight excluding hydrogens is 228 g/mol. The summed E-state index contributed by atoms with van der Waals surface area (Å²) in [5.74, 6) is 1.22. The highest BCUT2D eigenvalue weighted by molar-refractivity contribution is 8.00. The van der Waals surface area contributed by atoms with Gasteiger partial charge in [0, 0.05) is 35.3 Å². The second-order valence-corrected chi connectivity index (χ2v) is 6.38. The highest BCUT2D eigenvalue weighted by Gasteiger charge is 2.25. The molecule has 94 valence electrons. The van der Waals surface area contributed by atoms with Crippen molar-refractivity contribution in [3.8, 4) is 0 Å². The fourth-order valence-corrected chi connectivity index (χ4v) is 3.37. The number of nitrogens with zero attached hydrogens (tertiary/aromatic N) is 1. The molecule has 0 radical (unpaired) electrons. The molecule has 1 saturated heterocycles. The van der Waals surface area contributed by atoms with Gasteiger partial charge in [0.25, 0.3) is 0 Å². The van der Waals surface area contributed by atoms with Gasteiger partial charge in [-0.25, -0.2) is 0 Å². The number of anilines is 1. The first kappa shape index (κ1) is 12.8. The molecule has 0 amide bonds. The molecule has 2 N–H and O–H groups in total. The molecule has 1 aromatic carbocycles. The first-order chi connectivity index (χ1) is 8.09. The standard InChI is InChI=1S/C14H22N2S/c1-10(15)13-4-6-14(7-5-13)16-8-9-17-12(3)11(16)2/h4-7,10-12H,8-9,15H2,1-3H3/t10-,11?,12?/m0/s1. The number of hydrogen-bond acceptors (Lipinski definition) is 3. The van der Waals surface area contributed by atoms with Crippen LogP contribution in [0.25, 0.3) is 0 Å². The Kier molecular flexibility index (Phi) is 4.00. The number of rotatable bonds is 2. The van der Waals surface area contributed by atoms with Crippen molar-refractivity contribution in [2.75, 3.05) is 17.2 Å². The van der Waals surface area contributed by atoms with Crippen molar-refractivity contribution in [3.05, 3.63) is 29.8 Å². The Morgan fingerprint density at radius 2 is 1.94 bits per heavy atom. The predicted octanol–water partition coefficient (Wildman–Crippen LogP) is 3.04. The molecule has 0 aliphatic carbocycles. The summed E-state index contributed by atoms with van der Waals surface area (Å²) in [5.41, 5.74) is 8.41. The van der Waals surface area contributed by atoms with Crippen LogP contribution in [0, 0.1) is 0 Å². The topological polar surface area (TPSA) is 29.3 Å². The zero-order valence-corrected chi connectivity index (χ0v) is 11.7. The first-order valence-electron chi connectivity index (χ1n) is 6.33. The van der Waals surface area contributed by atoms with Crippen molar-refractivity contribution < 1.29 is 0 Å². The van der Waals surface area contributed by atoms with Crippen molar-refractivity contribution >= 4 is 17.4 Å². The van der Waals surface area contributed by atoms with Gasteiger partial charge in [-0.2, -0.15) is 11.8 Å². The molecule has 1 aromatic rings. The summed E-state index contributed by atoms with van der Waals surface area (Å²) in [7, 11) is 0. The third-order valence-electron chi connectivity index (χ3n) is 3.63. The largest absolute Gasteiger partial charge is 0.367 e. The fraction of sp³-hybridized carbons (Fsp3) is 0.571. The molecule has 1 aliphatic heterocycles. The summed E-state index contributed by atoms with van der Waals surface area (Å²) >= 11 is 2.07. The highest BCUT2D eigenvalue weighted by atomic mass is 32.2. The normalized spacial score (nSPS) is 26.9. The molecule has 2 unspecified atom stereocenters. The van der Waals surface area contributed by atoms with Crippen LogP contribution in [0.5, 0.6) is 0 Å². The summed E-state index contributed by atoms with van der Waals surface area (Å²) < 4.78 is 0. The Balaban J connectivity index is 2.16. The summed E-state index contributed by atoms with van der Waals surface area (Å²) in [4.78, 5) is 2.51. The number of thioether (sulfide) groups is 1. The molecule has 1 heterocycles. The molecule has 2 rings (SSSR count). The monoisotopic (exact) mass is 250 g/mol. The van der Waals surface area contributed by atoms with Crippen LogP contribution in [0.4, 0.5) is 5.69 Å². The Morgan fingerprint density at radius 1 is 1.29 bits per heavy atom. The molecule has 0 bridgehead atoms.